The number of pyridine rings is 1. The molecule has 0 unspecified atom stereocenters. The first kappa shape index (κ1) is 11.2. The molecule has 0 bridgehead atoms. The molecule has 2 rings (SSSR count). The minimum absolute atomic E-state index is 0.504. The maximum Gasteiger partial charge on any atom is 0.0931 e. The lowest BCUT2D eigenvalue weighted by Crippen LogP contribution is -1.94. The van der Waals surface area contributed by atoms with E-state index in [1.165, 1.54) is 4.90 Å². The van der Waals surface area contributed by atoms with Crippen LogP contribution in [-0.4, -0.2) is 10.1 Å². The number of hydrogen-bond acceptors (Lipinski definition) is 3. The molecule has 1 atom stereocenters. The van der Waals surface area contributed by atoms with Crippen LogP contribution >= 0.6 is 11.8 Å². The van der Waals surface area contributed by atoms with Crippen LogP contribution in [0.4, 0.5) is 0 Å². The van der Waals surface area contributed by atoms with Crippen molar-refractivity contribution in [3.63, 3.8) is 0 Å². The van der Waals surface area contributed by atoms with E-state index in [0.717, 1.165) is 4.90 Å². The molecule has 2 nitrogen and oxygen atoms in total. The first-order valence-electron chi connectivity index (χ1n) is 5.12. The first-order chi connectivity index (χ1) is 7.75. The lowest BCUT2D eigenvalue weighted by molar-refractivity contribution is 0.194. The number of rotatable bonds is 3. The van der Waals surface area contributed by atoms with Crippen LogP contribution in [0.25, 0.3) is 0 Å². The van der Waals surface area contributed by atoms with Gasteiger partial charge in [-0.15, -0.1) is 0 Å². The van der Waals surface area contributed by atoms with Crippen LogP contribution in [0.15, 0.2) is 58.5 Å². The molecule has 3 heteroatoms. The van der Waals surface area contributed by atoms with Gasteiger partial charge in [0.15, 0.2) is 0 Å². The van der Waals surface area contributed by atoms with E-state index >= 15 is 0 Å². The van der Waals surface area contributed by atoms with Crippen molar-refractivity contribution in [2.24, 2.45) is 0 Å². The third-order valence-electron chi connectivity index (χ3n) is 2.17. The molecule has 0 aliphatic rings. The summed E-state index contributed by atoms with van der Waals surface area (Å²) >= 11 is 1.66. The average molecular weight is 231 g/mol. The van der Waals surface area contributed by atoms with Gasteiger partial charge in [-0.25, -0.2) is 0 Å². The topological polar surface area (TPSA) is 33.1 Å². The predicted molar refractivity (Wildman–Crippen MR) is 65.4 cm³/mol. The first-order valence-corrected chi connectivity index (χ1v) is 5.94. The van der Waals surface area contributed by atoms with Crippen molar-refractivity contribution < 1.29 is 5.11 Å². The summed E-state index contributed by atoms with van der Waals surface area (Å²) in [5.41, 5.74) is 0.706. The zero-order valence-electron chi connectivity index (χ0n) is 9.00. The maximum atomic E-state index is 9.34. The van der Waals surface area contributed by atoms with Gasteiger partial charge >= 0.3 is 0 Å². The van der Waals surface area contributed by atoms with Crippen molar-refractivity contribution in [3.05, 3.63) is 54.4 Å². The van der Waals surface area contributed by atoms with Gasteiger partial charge in [0.25, 0.3) is 0 Å². The monoisotopic (exact) mass is 231 g/mol. The van der Waals surface area contributed by atoms with Gasteiger partial charge in [-0.05, 0) is 31.2 Å². The van der Waals surface area contributed by atoms with Gasteiger partial charge in [0.2, 0.25) is 0 Å². The highest BCUT2D eigenvalue weighted by molar-refractivity contribution is 7.99. The number of aromatic nitrogens is 1. The summed E-state index contributed by atoms with van der Waals surface area (Å²) in [4.78, 5) is 6.47. The van der Waals surface area contributed by atoms with E-state index in [4.69, 9.17) is 0 Å². The molecule has 1 aromatic carbocycles. The molecule has 82 valence electrons. The minimum atomic E-state index is -0.504. The Morgan fingerprint density at radius 3 is 2.38 bits per heavy atom. The normalized spacial score (nSPS) is 12.4. The van der Waals surface area contributed by atoms with Crippen LogP contribution in [0.5, 0.6) is 0 Å². The fourth-order valence-corrected chi connectivity index (χ4v) is 2.13. The summed E-state index contributed by atoms with van der Waals surface area (Å²) in [6.07, 6.45) is 1.29. The molecule has 0 fully saturated rings. The summed E-state index contributed by atoms with van der Waals surface area (Å²) in [5.74, 6) is 0. The van der Waals surface area contributed by atoms with Gasteiger partial charge in [-0.2, -0.15) is 0 Å². The Balaban J connectivity index is 2.11. The van der Waals surface area contributed by atoms with Crippen LogP contribution < -0.4 is 0 Å². The summed E-state index contributed by atoms with van der Waals surface area (Å²) in [7, 11) is 0. The van der Waals surface area contributed by atoms with E-state index in [9.17, 15) is 5.11 Å². The zero-order valence-corrected chi connectivity index (χ0v) is 9.82. The van der Waals surface area contributed by atoms with Gasteiger partial charge in [0.1, 0.15) is 0 Å². The molecule has 2 aromatic rings. The van der Waals surface area contributed by atoms with Gasteiger partial charge < -0.3 is 5.11 Å². The smallest absolute Gasteiger partial charge is 0.0931 e. The molecule has 16 heavy (non-hydrogen) atoms. The van der Waals surface area contributed by atoms with E-state index in [0.29, 0.717) is 5.69 Å². The average Bonchev–Trinajstić information content (AvgIpc) is 2.31. The quantitative estimate of drug-likeness (QED) is 0.880. The van der Waals surface area contributed by atoms with Crippen molar-refractivity contribution in [2.45, 2.75) is 22.8 Å². The van der Waals surface area contributed by atoms with E-state index in [-0.39, 0.29) is 0 Å². The summed E-state index contributed by atoms with van der Waals surface area (Å²) in [6, 6.07) is 14.0. The molecule has 1 N–H and O–H groups in total. The molecule has 0 amide bonds. The third kappa shape index (κ3) is 2.84. The van der Waals surface area contributed by atoms with Crippen molar-refractivity contribution in [1.82, 2.24) is 4.98 Å². The number of benzene rings is 1. The molecule has 0 saturated carbocycles. The van der Waals surface area contributed by atoms with E-state index in [1.54, 1.807) is 24.9 Å². The number of aliphatic hydroxyl groups excluding tert-OH is 1. The molecule has 1 heterocycles. The lowest BCUT2D eigenvalue weighted by Gasteiger charge is -2.05. The van der Waals surface area contributed by atoms with Crippen LogP contribution in [0, 0.1) is 0 Å². The molecule has 1 aromatic heterocycles. The summed E-state index contributed by atoms with van der Waals surface area (Å²) in [5, 5.41) is 9.34. The summed E-state index contributed by atoms with van der Waals surface area (Å²) in [6.45, 7) is 1.71. The molecule has 0 radical (unpaired) electrons. The van der Waals surface area contributed by atoms with Crippen molar-refractivity contribution >= 4 is 11.8 Å². The number of nitrogens with zero attached hydrogens (tertiary/aromatic N) is 1. The Morgan fingerprint density at radius 2 is 1.81 bits per heavy atom. The Morgan fingerprint density at radius 1 is 1.06 bits per heavy atom. The lowest BCUT2D eigenvalue weighted by atomic mass is 10.2. The highest BCUT2D eigenvalue weighted by atomic mass is 32.2. The van der Waals surface area contributed by atoms with Crippen molar-refractivity contribution in [2.75, 3.05) is 0 Å². The fraction of sp³-hybridized carbons (Fsp3) is 0.154. The molecule has 0 saturated heterocycles. The van der Waals surface area contributed by atoms with E-state index in [2.05, 4.69) is 17.1 Å². The molecule has 0 aliphatic heterocycles. The maximum absolute atomic E-state index is 9.34. The largest absolute Gasteiger partial charge is 0.387 e. The molecular formula is C13H13NOS. The second-order valence-electron chi connectivity index (χ2n) is 3.51. The summed E-state index contributed by atoms with van der Waals surface area (Å²) < 4.78 is 0. The standard InChI is InChI=1S/C13H13NOS/c1-10(15)13-8-7-12(9-14-13)16-11-5-3-2-4-6-11/h2-10,15H,1H3/t10-/m1/s1. The molecular weight excluding hydrogens is 218 g/mol. The Bertz CT molecular complexity index is 439. The van der Waals surface area contributed by atoms with Crippen molar-refractivity contribution in [3.8, 4) is 0 Å². The Hall–Kier alpha value is -1.32. The number of hydrogen-bond donors (Lipinski definition) is 1. The molecule has 0 aliphatic carbocycles. The van der Waals surface area contributed by atoms with Crippen molar-refractivity contribution in [1.29, 1.82) is 0 Å². The second kappa shape index (κ2) is 5.14. The van der Waals surface area contributed by atoms with Gasteiger partial charge in [-0.1, -0.05) is 30.0 Å². The Kier molecular flexibility index (Phi) is 3.59. The molecule has 0 spiro atoms. The number of aliphatic hydroxyl groups is 1. The van der Waals surface area contributed by atoms with Gasteiger partial charge in [0.05, 0.1) is 11.8 Å². The SMILES string of the molecule is C[C@@H](O)c1ccc(Sc2ccccc2)cn1. The van der Waals surface area contributed by atoms with Crippen LogP contribution in [0.2, 0.25) is 0 Å². The minimum Gasteiger partial charge on any atom is -0.387 e. The predicted octanol–water partition coefficient (Wildman–Crippen LogP) is 3.29. The zero-order chi connectivity index (χ0) is 11.4. The second-order valence-corrected chi connectivity index (χ2v) is 4.66. The van der Waals surface area contributed by atoms with Crippen LogP contribution in [0.3, 0.4) is 0 Å². The van der Waals surface area contributed by atoms with Crippen LogP contribution in [-0.2, 0) is 0 Å². The van der Waals surface area contributed by atoms with E-state index in [1.807, 2.05) is 30.3 Å². The highest BCUT2D eigenvalue weighted by Gasteiger charge is 2.02. The Labute approximate surface area is 99.4 Å². The van der Waals surface area contributed by atoms with E-state index < -0.39 is 6.10 Å². The van der Waals surface area contributed by atoms with Gasteiger partial charge in [-0.3, -0.25) is 4.98 Å². The third-order valence-corrected chi connectivity index (χ3v) is 3.15. The van der Waals surface area contributed by atoms with Gasteiger partial charge in [0, 0.05) is 16.0 Å². The highest BCUT2D eigenvalue weighted by Crippen LogP contribution is 2.27. The fourth-order valence-electron chi connectivity index (χ4n) is 1.32. The van der Waals surface area contributed by atoms with Crippen LogP contribution in [0.1, 0.15) is 18.7 Å².